The fourth-order valence-electron chi connectivity index (χ4n) is 5.09. The van der Waals surface area contributed by atoms with Gasteiger partial charge in [-0.15, -0.1) is 5.10 Å². The standard InChI is InChI=1S/C20H21N9O4/c1-21-16-12-17(25-19(24-16)29-7-10(26-27-29)11-4-3-5-33-11)28(8-23-12)13-9-6-20(9,18(32)22-2)15(31)14(13)30/h3-5,7-9,13-15,30-31H,6H2,1-2H3,(H,22,32)(H,21,24,25)/t9?,13-,14?,15+,20-/m1/s1. The zero-order valence-corrected chi connectivity index (χ0v) is 17.7. The van der Waals surface area contributed by atoms with Crippen LogP contribution >= 0.6 is 0 Å². The van der Waals surface area contributed by atoms with Crippen LogP contribution in [-0.4, -0.2) is 76.9 Å². The maximum atomic E-state index is 12.5. The van der Waals surface area contributed by atoms with Gasteiger partial charge in [0, 0.05) is 20.0 Å². The molecule has 4 heterocycles. The van der Waals surface area contributed by atoms with Crippen molar-refractivity contribution in [2.45, 2.75) is 24.7 Å². The minimum Gasteiger partial charge on any atom is -0.463 e. The number of fused-ring (bicyclic) bond motifs is 2. The predicted molar refractivity (Wildman–Crippen MR) is 113 cm³/mol. The van der Waals surface area contributed by atoms with Gasteiger partial charge in [0.25, 0.3) is 5.95 Å². The summed E-state index contributed by atoms with van der Waals surface area (Å²) >= 11 is 0. The molecule has 33 heavy (non-hydrogen) atoms. The second-order valence-electron chi connectivity index (χ2n) is 8.33. The first-order valence-electron chi connectivity index (χ1n) is 10.5. The summed E-state index contributed by atoms with van der Waals surface area (Å²) in [6.07, 6.45) is 2.89. The van der Waals surface area contributed by atoms with Gasteiger partial charge < -0.3 is 29.8 Å². The third-order valence-electron chi connectivity index (χ3n) is 6.76. The van der Waals surface area contributed by atoms with Crippen LogP contribution in [0.1, 0.15) is 12.5 Å². The molecule has 2 aliphatic rings. The molecule has 13 nitrogen and oxygen atoms in total. The van der Waals surface area contributed by atoms with Crippen LogP contribution in [0.25, 0.3) is 28.6 Å². The number of anilines is 1. The molecule has 170 valence electrons. The summed E-state index contributed by atoms with van der Waals surface area (Å²) in [7, 11) is 3.24. The molecule has 2 fully saturated rings. The monoisotopic (exact) mass is 451 g/mol. The fourth-order valence-corrected chi connectivity index (χ4v) is 5.09. The van der Waals surface area contributed by atoms with Crippen LogP contribution in [0.4, 0.5) is 5.82 Å². The largest absolute Gasteiger partial charge is 0.463 e. The smallest absolute Gasteiger partial charge is 0.256 e. The van der Waals surface area contributed by atoms with Gasteiger partial charge in [-0.3, -0.25) is 4.79 Å². The number of rotatable bonds is 5. The van der Waals surface area contributed by atoms with Gasteiger partial charge in [0.05, 0.1) is 36.3 Å². The number of hydrogen-bond acceptors (Lipinski definition) is 10. The molecule has 0 aliphatic heterocycles. The molecule has 2 saturated carbocycles. The number of carbonyl (C=O) groups is 1. The van der Waals surface area contributed by atoms with E-state index in [1.54, 1.807) is 42.5 Å². The Balaban J connectivity index is 1.45. The predicted octanol–water partition coefficient (Wildman–Crippen LogP) is -0.263. The van der Waals surface area contributed by atoms with Crippen molar-refractivity contribution >= 4 is 22.9 Å². The van der Waals surface area contributed by atoms with Gasteiger partial charge in [-0.05, 0) is 18.6 Å². The molecule has 0 spiro atoms. The third-order valence-corrected chi connectivity index (χ3v) is 6.76. The van der Waals surface area contributed by atoms with Crippen molar-refractivity contribution in [2.75, 3.05) is 19.4 Å². The second kappa shape index (κ2) is 6.83. The fraction of sp³-hybridized carbons (Fsp3) is 0.400. The van der Waals surface area contributed by atoms with E-state index in [0.717, 1.165) is 0 Å². The van der Waals surface area contributed by atoms with E-state index in [4.69, 9.17) is 4.42 Å². The second-order valence-corrected chi connectivity index (χ2v) is 8.33. The van der Waals surface area contributed by atoms with Crippen molar-refractivity contribution in [3.05, 3.63) is 30.9 Å². The topological polar surface area (TPSA) is 169 Å². The molecule has 4 N–H and O–H groups in total. The highest BCUT2D eigenvalue weighted by atomic mass is 16.3. The molecule has 4 aromatic heterocycles. The summed E-state index contributed by atoms with van der Waals surface area (Å²) in [5, 5.41) is 35.4. The van der Waals surface area contributed by atoms with E-state index >= 15 is 0 Å². The number of aromatic nitrogens is 7. The Labute approximate surface area is 186 Å². The van der Waals surface area contributed by atoms with Crippen LogP contribution < -0.4 is 10.6 Å². The normalized spacial score (nSPS) is 28.1. The van der Waals surface area contributed by atoms with Gasteiger partial charge in [-0.2, -0.15) is 14.6 Å². The molecular weight excluding hydrogens is 430 g/mol. The summed E-state index contributed by atoms with van der Waals surface area (Å²) < 4.78 is 8.50. The minimum atomic E-state index is -1.18. The van der Waals surface area contributed by atoms with Gasteiger partial charge >= 0.3 is 0 Å². The van der Waals surface area contributed by atoms with E-state index in [1.807, 2.05) is 0 Å². The highest BCUT2D eigenvalue weighted by Crippen LogP contribution is 2.67. The molecule has 0 bridgehead atoms. The van der Waals surface area contributed by atoms with E-state index in [0.29, 0.717) is 34.9 Å². The van der Waals surface area contributed by atoms with Crippen molar-refractivity contribution < 1.29 is 19.4 Å². The molecule has 4 aromatic rings. The number of aliphatic hydroxyl groups is 2. The van der Waals surface area contributed by atoms with Gasteiger partial charge in [0.1, 0.15) is 11.8 Å². The minimum absolute atomic E-state index is 0.236. The Morgan fingerprint density at radius 2 is 2.15 bits per heavy atom. The van der Waals surface area contributed by atoms with Gasteiger partial charge in [0.15, 0.2) is 22.7 Å². The van der Waals surface area contributed by atoms with Crippen molar-refractivity contribution in [3.63, 3.8) is 0 Å². The van der Waals surface area contributed by atoms with E-state index in [-0.39, 0.29) is 17.8 Å². The molecular formula is C20H21N9O4. The molecule has 13 heteroatoms. The van der Waals surface area contributed by atoms with Crippen LogP contribution in [0.3, 0.4) is 0 Å². The highest BCUT2D eigenvalue weighted by Gasteiger charge is 2.75. The first kappa shape index (κ1) is 19.8. The Hall–Kier alpha value is -3.84. The number of aliphatic hydroxyl groups excluding tert-OH is 2. The van der Waals surface area contributed by atoms with Crippen LogP contribution in [0.2, 0.25) is 0 Å². The van der Waals surface area contributed by atoms with E-state index < -0.39 is 23.7 Å². The number of amides is 1. The van der Waals surface area contributed by atoms with Crippen molar-refractivity contribution in [1.29, 1.82) is 0 Å². The maximum Gasteiger partial charge on any atom is 0.256 e. The van der Waals surface area contributed by atoms with Crippen LogP contribution in [-0.2, 0) is 4.79 Å². The Kier molecular flexibility index (Phi) is 4.10. The number of carbonyl (C=O) groups excluding carboxylic acids is 1. The van der Waals surface area contributed by atoms with Gasteiger partial charge in [0.2, 0.25) is 5.91 Å². The molecule has 2 unspecified atom stereocenters. The molecule has 0 saturated heterocycles. The van der Waals surface area contributed by atoms with Crippen molar-refractivity contribution in [3.8, 4) is 17.4 Å². The molecule has 1 amide bonds. The quantitative estimate of drug-likeness (QED) is 0.317. The number of furan rings is 1. The summed E-state index contributed by atoms with van der Waals surface area (Å²) in [5.41, 5.74) is 0.453. The van der Waals surface area contributed by atoms with Crippen molar-refractivity contribution in [2.24, 2.45) is 11.3 Å². The van der Waals surface area contributed by atoms with E-state index in [2.05, 4.69) is 35.9 Å². The molecule has 6 rings (SSSR count). The Bertz CT molecular complexity index is 1360. The van der Waals surface area contributed by atoms with Crippen LogP contribution in [0.15, 0.2) is 35.3 Å². The number of hydrogen-bond donors (Lipinski definition) is 4. The summed E-state index contributed by atoms with van der Waals surface area (Å²) in [6.45, 7) is 0. The lowest BCUT2D eigenvalue weighted by molar-refractivity contribution is -0.132. The summed E-state index contributed by atoms with van der Waals surface area (Å²) in [5.74, 6) is 0.743. The SMILES string of the molecule is CNC(=O)[C@]12CC1[C@@H](n1cnc3c(NC)nc(-n4cc(-c5ccco5)nn4)nc31)C(O)[C@@H]2O. The molecule has 2 aliphatic carbocycles. The first-order valence-corrected chi connectivity index (χ1v) is 10.5. The number of nitrogens with zero attached hydrogens (tertiary/aromatic N) is 7. The lowest BCUT2D eigenvalue weighted by atomic mass is 9.98. The Morgan fingerprint density at radius 1 is 1.30 bits per heavy atom. The van der Waals surface area contributed by atoms with Crippen LogP contribution in [0.5, 0.6) is 0 Å². The molecule has 0 radical (unpaired) electrons. The summed E-state index contributed by atoms with van der Waals surface area (Å²) in [6, 6.07) is 2.96. The maximum absolute atomic E-state index is 12.5. The first-order chi connectivity index (χ1) is 16.0. The summed E-state index contributed by atoms with van der Waals surface area (Å²) in [4.78, 5) is 26.1. The lowest BCUT2D eigenvalue weighted by Gasteiger charge is -2.23. The number of imidazole rings is 1. The average molecular weight is 451 g/mol. The van der Waals surface area contributed by atoms with E-state index in [9.17, 15) is 15.0 Å². The third kappa shape index (κ3) is 2.60. The van der Waals surface area contributed by atoms with Gasteiger partial charge in [-0.25, -0.2) is 4.98 Å². The molecule has 0 aromatic carbocycles. The zero-order chi connectivity index (χ0) is 22.9. The zero-order valence-electron chi connectivity index (χ0n) is 17.7. The van der Waals surface area contributed by atoms with Gasteiger partial charge in [-0.1, -0.05) is 5.21 Å². The lowest BCUT2D eigenvalue weighted by Crippen LogP contribution is -2.41. The van der Waals surface area contributed by atoms with Crippen molar-refractivity contribution in [1.82, 2.24) is 39.8 Å². The number of nitrogens with one attached hydrogen (secondary N) is 2. The van der Waals surface area contributed by atoms with Crippen LogP contribution in [0, 0.1) is 11.3 Å². The average Bonchev–Trinajstić information content (AvgIpc) is 3.32. The van der Waals surface area contributed by atoms with E-state index in [1.165, 1.54) is 11.7 Å². The highest BCUT2D eigenvalue weighted by molar-refractivity contribution is 5.88. The molecule has 5 atom stereocenters. The Morgan fingerprint density at radius 3 is 2.88 bits per heavy atom.